The molecule has 0 unspecified atom stereocenters. The zero-order chi connectivity index (χ0) is 15.7. The highest BCUT2D eigenvalue weighted by molar-refractivity contribution is 9.10. The van der Waals surface area contributed by atoms with Crippen molar-refractivity contribution < 1.29 is 32.2 Å². The first-order valence-corrected chi connectivity index (χ1v) is 6.10. The number of rotatable bonds is 4. The monoisotopic (exact) mass is 359 g/mol. The lowest BCUT2D eigenvalue weighted by Crippen LogP contribution is -2.41. The van der Waals surface area contributed by atoms with E-state index in [1.165, 1.54) is 6.92 Å². The fourth-order valence-corrected chi connectivity index (χ4v) is 1.81. The standard InChI is InChI=1S/C11H10BrF4NO3/c1-2-20-10(19)11(15,16)9(17)4-3-5(12)6(13)7(14)8(4)18/h3,9,18H,2,17H2,1H3/t9-/m1/s1. The van der Waals surface area contributed by atoms with Gasteiger partial charge in [0.05, 0.1) is 11.1 Å². The van der Waals surface area contributed by atoms with Crippen LogP contribution >= 0.6 is 15.9 Å². The third-order valence-corrected chi connectivity index (χ3v) is 3.02. The quantitative estimate of drug-likeness (QED) is 0.492. The van der Waals surface area contributed by atoms with Crippen molar-refractivity contribution in [2.45, 2.75) is 18.9 Å². The molecule has 20 heavy (non-hydrogen) atoms. The molecule has 0 fully saturated rings. The molecule has 0 aromatic heterocycles. The smallest absolute Gasteiger partial charge is 0.379 e. The van der Waals surface area contributed by atoms with Crippen LogP contribution in [0.1, 0.15) is 18.5 Å². The van der Waals surface area contributed by atoms with Crippen molar-refractivity contribution in [2.75, 3.05) is 6.61 Å². The predicted molar refractivity (Wildman–Crippen MR) is 64.2 cm³/mol. The van der Waals surface area contributed by atoms with Gasteiger partial charge in [0.15, 0.2) is 11.6 Å². The Hall–Kier alpha value is -1.35. The first-order valence-electron chi connectivity index (χ1n) is 5.31. The molecule has 4 nitrogen and oxygen atoms in total. The number of phenols is 1. The van der Waals surface area contributed by atoms with Crippen molar-refractivity contribution in [3.63, 3.8) is 0 Å². The van der Waals surface area contributed by atoms with E-state index in [1.54, 1.807) is 0 Å². The molecule has 0 bridgehead atoms. The number of hydrogen-bond donors (Lipinski definition) is 2. The van der Waals surface area contributed by atoms with Crippen LogP contribution in [0.25, 0.3) is 0 Å². The predicted octanol–water partition coefficient (Wildman–Crippen LogP) is 2.63. The van der Waals surface area contributed by atoms with Gasteiger partial charge in [0.25, 0.3) is 0 Å². The fraction of sp³-hybridized carbons (Fsp3) is 0.364. The van der Waals surface area contributed by atoms with Gasteiger partial charge in [-0.1, -0.05) is 0 Å². The molecule has 1 aromatic rings. The van der Waals surface area contributed by atoms with Crippen molar-refractivity contribution in [1.82, 2.24) is 0 Å². The number of alkyl halides is 2. The van der Waals surface area contributed by atoms with Crippen LogP contribution in [0.2, 0.25) is 0 Å². The summed E-state index contributed by atoms with van der Waals surface area (Å²) in [5.74, 6) is -10.7. The van der Waals surface area contributed by atoms with Crippen molar-refractivity contribution in [2.24, 2.45) is 5.73 Å². The summed E-state index contributed by atoms with van der Waals surface area (Å²) in [6, 6.07) is -1.72. The van der Waals surface area contributed by atoms with Crippen LogP contribution in [0.3, 0.4) is 0 Å². The number of phenolic OH excluding ortho intramolecular Hbond substituents is 1. The lowest BCUT2D eigenvalue weighted by Gasteiger charge is -2.23. The summed E-state index contributed by atoms with van der Waals surface area (Å²) in [6.45, 7) is 1.000. The summed E-state index contributed by atoms with van der Waals surface area (Å²) < 4.78 is 57.4. The molecule has 9 heteroatoms. The van der Waals surface area contributed by atoms with Gasteiger partial charge in [-0.2, -0.15) is 13.2 Å². The van der Waals surface area contributed by atoms with Gasteiger partial charge in [-0.05, 0) is 28.9 Å². The van der Waals surface area contributed by atoms with Crippen LogP contribution in [0.15, 0.2) is 10.5 Å². The van der Waals surface area contributed by atoms with E-state index in [0.717, 1.165) is 0 Å². The van der Waals surface area contributed by atoms with E-state index < -0.39 is 45.4 Å². The molecular formula is C11H10BrF4NO3. The topological polar surface area (TPSA) is 72.5 Å². The number of ether oxygens (including phenoxy) is 1. The Bertz CT molecular complexity index is 539. The highest BCUT2D eigenvalue weighted by Gasteiger charge is 2.49. The highest BCUT2D eigenvalue weighted by Crippen LogP contribution is 2.39. The Morgan fingerprint density at radius 3 is 2.55 bits per heavy atom. The molecule has 0 amide bonds. The van der Waals surface area contributed by atoms with Gasteiger partial charge in [0.1, 0.15) is 6.04 Å². The number of hydrogen-bond acceptors (Lipinski definition) is 4. The first kappa shape index (κ1) is 16.7. The largest absolute Gasteiger partial charge is 0.505 e. The molecule has 0 aliphatic heterocycles. The maximum absolute atomic E-state index is 13.7. The first-order chi connectivity index (χ1) is 9.14. The zero-order valence-electron chi connectivity index (χ0n) is 10.1. The van der Waals surface area contributed by atoms with E-state index in [1.807, 2.05) is 0 Å². The SMILES string of the molecule is CCOC(=O)C(F)(F)[C@H](N)c1cc(Br)c(F)c(F)c1O. The highest BCUT2D eigenvalue weighted by atomic mass is 79.9. The molecule has 0 saturated carbocycles. The minimum Gasteiger partial charge on any atom is -0.505 e. The molecule has 1 atom stereocenters. The van der Waals surface area contributed by atoms with Crippen LogP contribution in [0.4, 0.5) is 17.6 Å². The third kappa shape index (κ3) is 2.88. The summed E-state index contributed by atoms with van der Waals surface area (Å²) >= 11 is 2.59. The molecular weight excluding hydrogens is 350 g/mol. The van der Waals surface area contributed by atoms with Gasteiger partial charge in [-0.15, -0.1) is 0 Å². The van der Waals surface area contributed by atoms with E-state index in [0.29, 0.717) is 6.07 Å². The molecule has 0 heterocycles. The zero-order valence-corrected chi connectivity index (χ0v) is 11.7. The number of carbonyl (C=O) groups excluding carboxylic acids is 1. The van der Waals surface area contributed by atoms with E-state index in [4.69, 9.17) is 5.73 Å². The van der Waals surface area contributed by atoms with Gasteiger partial charge in [0, 0.05) is 5.56 Å². The summed E-state index contributed by atoms with van der Waals surface area (Å²) in [5, 5.41) is 9.35. The Kier molecular flexibility index (Phi) is 4.98. The van der Waals surface area contributed by atoms with Gasteiger partial charge < -0.3 is 15.6 Å². The average Bonchev–Trinajstić information content (AvgIpc) is 2.39. The van der Waals surface area contributed by atoms with Crippen molar-refractivity contribution >= 4 is 21.9 Å². The number of halogens is 5. The summed E-state index contributed by atoms with van der Waals surface area (Å²) in [6.07, 6.45) is 0. The van der Waals surface area contributed by atoms with Gasteiger partial charge in [-0.3, -0.25) is 0 Å². The molecule has 1 aromatic carbocycles. The second kappa shape index (κ2) is 5.96. The number of esters is 1. The maximum Gasteiger partial charge on any atom is 0.379 e. The van der Waals surface area contributed by atoms with Crippen molar-refractivity contribution in [3.8, 4) is 5.75 Å². The molecule has 0 radical (unpaired) electrons. The van der Waals surface area contributed by atoms with E-state index in [9.17, 15) is 27.5 Å². The number of carbonyl (C=O) groups is 1. The normalized spacial score (nSPS) is 13.2. The molecule has 0 saturated heterocycles. The van der Waals surface area contributed by atoms with Crippen LogP contribution in [-0.2, 0) is 9.53 Å². The fourth-order valence-electron chi connectivity index (χ4n) is 1.39. The van der Waals surface area contributed by atoms with E-state index >= 15 is 0 Å². The molecule has 0 spiro atoms. The minimum atomic E-state index is -4.21. The van der Waals surface area contributed by atoms with Gasteiger partial charge in [0.2, 0.25) is 5.82 Å². The lowest BCUT2D eigenvalue weighted by atomic mass is 10.00. The second-order valence-electron chi connectivity index (χ2n) is 3.75. The van der Waals surface area contributed by atoms with Crippen LogP contribution in [0.5, 0.6) is 5.75 Å². The molecule has 3 N–H and O–H groups in total. The Morgan fingerprint density at radius 2 is 2.05 bits per heavy atom. The lowest BCUT2D eigenvalue weighted by molar-refractivity contribution is -0.174. The Labute approximate surface area is 119 Å². The maximum atomic E-state index is 13.7. The molecule has 0 aliphatic rings. The Balaban J connectivity index is 3.28. The van der Waals surface area contributed by atoms with Gasteiger partial charge >= 0.3 is 11.9 Å². The number of benzene rings is 1. The molecule has 1 rings (SSSR count). The second-order valence-corrected chi connectivity index (χ2v) is 4.60. The van der Waals surface area contributed by atoms with Crippen LogP contribution in [-0.4, -0.2) is 23.6 Å². The van der Waals surface area contributed by atoms with Gasteiger partial charge in [-0.25, -0.2) is 9.18 Å². The van der Waals surface area contributed by atoms with Crippen molar-refractivity contribution in [3.05, 3.63) is 27.7 Å². The summed E-state index contributed by atoms with van der Waals surface area (Å²) in [5.41, 5.74) is 4.35. The van der Waals surface area contributed by atoms with Crippen LogP contribution in [0, 0.1) is 11.6 Å². The van der Waals surface area contributed by atoms with Crippen LogP contribution < -0.4 is 5.73 Å². The Morgan fingerprint density at radius 1 is 1.50 bits per heavy atom. The average molecular weight is 360 g/mol. The molecule has 112 valence electrons. The summed E-state index contributed by atoms with van der Waals surface area (Å²) in [4.78, 5) is 11.1. The summed E-state index contributed by atoms with van der Waals surface area (Å²) in [7, 11) is 0. The van der Waals surface area contributed by atoms with Crippen molar-refractivity contribution in [1.29, 1.82) is 0 Å². The van der Waals surface area contributed by atoms with E-state index in [2.05, 4.69) is 20.7 Å². The van der Waals surface area contributed by atoms with E-state index in [-0.39, 0.29) is 6.61 Å². The minimum absolute atomic E-state index is 0.311. The number of nitrogens with two attached hydrogens (primary N) is 1. The third-order valence-electron chi connectivity index (χ3n) is 2.44. The molecule has 0 aliphatic carbocycles. The number of aromatic hydroxyl groups is 1.